The zero-order valence-electron chi connectivity index (χ0n) is 17.6. The smallest absolute Gasteiger partial charge is 0.115 e. The third-order valence-corrected chi connectivity index (χ3v) is 5.86. The molecular weight excluding hydrogens is 388 g/mol. The van der Waals surface area contributed by atoms with E-state index in [2.05, 4.69) is 67.1 Å². The highest BCUT2D eigenvalue weighted by atomic mass is 16.5. The average Bonchev–Trinajstić information content (AvgIpc) is 3.30. The number of H-pyrrole nitrogens is 1. The lowest BCUT2D eigenvalue weighted by Crippen LogP contribution is -2.46. The summed E-state index contributed by atoms with van der Waals surface area (Å²) in [6, 6.07) is 14.6. The van der Waals surface area contributed by atoms with E-state index >= 15 is 0 Å². The van der Waals surface area contributed by atoms with Gasteiger partial charge in [0.1, 0.15) is 12.5 Å². The number of benzene rings is 1. The van der Waals surface area contributed by atoms with E-state index in [0.717, 1.165) is 30.8 Å². The van der Waals surface area contributed by atoms with Crippen molar-refractivity contribution in [3.8, 4) is 0 Å². The van der Waals surface area contributed by atoms with Gasteiger partial charge in [0.2, 0.25) is 0 Å². The summed E-state index contributed by atoms with van der Waals surface area (Å²) in [5.74, 6) is 0. The lowest BCUT2D eigenvalue weighted by molar-refractivity contribution is -0.0755. The van der Waals surface area contributed by atoms with Crippen LogP contribution in [0.2, 0.25) is 0 Å². The van der Waals surface area contributed by atoms with Crippen LogP contribution in [0.5, 0.6) is 0 Å². The van der Waals surface area contributed by atoms with E-state index in [9.17, 15) is 0 Å². The first-order valence-corrected chi connectivity index (χ1v) is 10.6. The van der Waals surface area contributed by atoms with E-state index in [1.807, 2.05) is 30.7 Å². The van der Waals surface area contributed by atoms with E-state index in [1.165, 1.54) is 16.5 Å². The van der Waals surface area contributed by atoms with Gasteiger partial charge in [-0.2, -0.15) is 0 Å². The fourth-order valence-electron chi connectivity index (χ4n) is 4.48. The third-order valence-electron chi connectivity index (χ3n) is 5.86. The molecule has 7 heteroatoms. The highest BCUT2D eigenvalue weighted by Crippen LogP contribution is 2.33. The second kappa shape index (κ2) is 8.93. The Bertz CT molecular complexity index is 1120. The number of morpholine rings is 1. The molecule has 1 saturated heterocycles. The molecule has 158 valence electrons. The van der Waals surface area contributed by atoms with Gasteiger partial charge in [0.15, 0.2) is 0 Å². The van der Waals surface area contributed by atoms with Crippen molar-refractivity contribution in [2.75, 3.05) is 26.7 Å². The van der Waals surface area contributed by atoms with Crippen molar-refractivity contribution >= 4 is 10.9 Å². The van der Waals surface area contributed by atoms with Gasteiger partial charge in [0, 0.05) is 55.3 Å². The van der Waals surface area contributed by atoms with Crippen molar-refractivity contribution in [2.24, 2.45) is 0 Å². The highest BCUT2D eigenvalue weighted by molar-refractivity contribution is 5.83. The van der Waals surface area contributed by atoms with Gasteiger partial charge >= 0.3 is 0 Å². The van der Waals surface area contributed by atoms with Gasteiger partial charge in [-0.25, -0.2) is 9.97 Å². The van der Waals surface area contributed by atoms with Crippen LogP contribution in [-0.4, -0.2) is 56.5 Å². The van der Waals surface area contributed by atoms with Gasteiger partial charge in [0.25, 0.3) is 0 Å². The first-order chi connectivity index (χ1) is 15.3. The molecule has 4 aromatic rings. The van der Waals surface area contributed by atoms with E-state index in [-0.39, 0.29) is 12.3 Å². The van der Waals surface area contributed by atoms with Crippen LogP contribution in [0.25, 0.3) is 10.9 Å². The SMILES string of the molecule is CN(Cc1cccnc1)C(c1ccncn1)N1CCOC(c2cccc3[nH]ccc23)C1. The molecule has 2 atom stereocenters. The molecule has 0 bridgehead atoms. The predicted octanol–water partition coefficient (Wildman–Crippen LogP) is 3.56. The number of hydrogen-bond donors (Lipinski definition) is 1. The molecule has 0 spiro atoms. The van der Waals surface area contributed by atoms with Gasteiger partial charge < -0.3 is 9.72 Å². The fraction of sp³-hybridized carbons (Fsp3) is 0.292. The van der Waals surface area contributed by atoms with Crippen LogP contribution in [0, 0.1) is 0 Å². The molecule has 4 heterocycles. The summed E-state index contributed by atoms with van der Waals surface area (Å²) in [6.07, 6.45) is 9.16. The average molecular weight is 415 g/mol. The number of ether oxygens (including phenoxy) is 1. The van der Waals surface area contributed by atoms with Crippen LogP contribution in [-0.2, 0) is 11.3 Å². The summed E-state index contributed by atoms with van der Waals surface area (Å²) in [4.78, 5) is 21.1. The quantitative estimate of drug-likeness (QED) is 0.520. The predicted molar refractivity (Wildman–Crippen MR) is 119 cm³/mol. The normalized spacial score (nSPS) is 18.5. The molecular formula is C24H26N6O. The number of hydrogen-bond acceptors (Lipinski definition) is 6. The van der Waals surface area contributed by atoms with Gasteiger partial charge in [-0.15, -0.1) is 0 Å². The number of nitrogens with one attached hydrogen (secondary N) is 1. The Morgan fingerprint density at radius 3 is 2.97 bits per heavy atom. The first kappa shape index (κ1) is 19.8. The highest BCUT2D eigenvalue weighted by Gasteiger charge is 2.32. The van der Waals surface area contributed by atoms with Crippen molar-refractivity contribution in [3.63, 3.8) is 0 Å². The van der Waals surface area contributed by atoms with Gasteiger partial charge in [-0.3, -0.25) is 14.8 Å². The molecule has 0 saturated carbocycles. The van der Waals surface area contributed by atoms with Crippen LogP contribution in [0.4, 0.5) is 0 Å². The number of rotatable bonds is 6. The number of pyridine rings is 1. The summed E-state index contributed by atoms with van der Waals surface area (Å²) in [7, 11) is 2.14. The Kier molecular flexibility index (Phi) is 5.71. The molecule has 7 nitrogen and oxygen atoms in total. The van der Waals surface area contributed by atoms with Crippen molar-refractivity contribution in [1.29, 1.82) is 0 Å². The van der Waals surface area contributed by atoms with Crippen LogP contribution >= 0.6 is 0 Å². The largest absolute Gasteiger partial charge is 0.371 e. The Labute approximate surface area is 181 Å². The summed E-state index contributed by atoms with van der Waals surface area (Å²) < 4.78 is 6.24. The lowest BCUT2D eigenvalue weighted by Gasteiger charge is -2.42. The summed E-state index contributed by atoms with van der Waals surface area (Å²) in [5.41, 5.74) is 4.52. The Morgan fingerprint density at radius 1 is 1.16 bits per heavy atom. The number of aromatic nitrogens is 4. The molecule has 5 rings (SSSR count). The summed E-state index contributed by atoms with van der Waals surface area (Å²) >= 11 is 0. The zero-order chi connectivity index (χ0) is 21.0. The molecule has 0 aliphatic carbocycles. The van der Waals surface area contributed by atoms with Crippen LogP contribution in [0.15, 0.2) is 73.6 Å². The molecule has 0 radical (unpaired) electrons. The molecule has 3 aromatic heterocycles. The maximum Gasteiger partial charge on any atom is 0.115 e. The number of aromatic amines is 1. The monoisotopic (exact) mass is 414 g/mol. The van der Waals surface area contributed by atoms with Crippen molar-refractivity contribution in [1.82, 2.24) is 29.7 Å². The van der Waals surface area contributed by atoms with Crippen molar-refractivity contribution in [3.05, 3.63) is 90.4 Å². The minimum atomic E-state index is 0.00405. The minimum absolute atomic E-state index is 0.00405. The molecule has 31 heavy (non-hydrogen) atoms. The Morgan fingerprint density at radius 2 is 2.13 bits per heavy atom. The lowest BCUT2D eigenvalue weighted by atomic mass is 10.0. The standard InChI is InChI=1S/C24H26N6O/c1-29(15-18-4-3-9-25-14-18)24(22-8-10-26-17-28-22)30-12-13-31-23(16-30)20-5-2-6-21-19(20)7-11-27-21/h2-11,14,17,23-24,27H,12-13,15-16H2,1H3. The van der Waals surface area contributed by atoms with Crippen LogP contribution < -0.4 is 0 Å². The molecule has 1 N–H and O–H groups in total. The van der Waals surface area contributed by atoms with Crippen molar-refractivity contribution in [2.45, 2.75) is 18.8 Å². The second-order valence-corrected chi connectivity index (χ2v) is 7.92. The molecule has 1 aliphatic heterocycles. The van der Waals surface area contributed by atoms with Gasteiger partial charge in [-0.05, 0) is 42.4 Å². The topological polar surface area (TPSA) is 70.2 Å². The van der Waals surface area contributed by atoms with E-state index in [4.69, 9.17) is 4.74 Å². The second-order valence-electron chi connectivity index (χ2n) is 7.92. The molecule has 1 aromatic carbocycles. The van der Waals surface area contributed by atoms with Crippen molar-refractivity contribution < 1.29 is 4.74 Å². The summed E-state index contributed by atoms with van der Waals surface area (Å²) in [6.45, 7) is 3.08. The number of nitrogens with zero attached hydrogens (tertiary/aromatic N) is 5. The Hall–Kier alpha value is -3.13. The van der Waals surface area contributed by atoms with E-state index in [0.29, 0.717) is 6.61 Å². The number of fused-ring (bicyclic) bond motifs is 1. The first-order valence-electron chi connectivity index (χ1n) is 10.6. The minimum Gasteiger partial charge on any atom is -0.371 e. The molecule has 1 aliphatic rings. The molecule has 2 unspecified atom stereocenters. The maximum absolute atomic E-state index is 6.24. The zero-order valence-corrected chi connectivity index (χ0v) is 17.6. The maximum atomic E-state index is 6.24. The van der Waals surface area contributed by atoms with Crippen LogP contribution in [0.1, 0.15) is 29.1 Å². The fourth-order valence-corrected chi connectivity index (χ4v) is 4.48. The van der Waals surface area contributed by atoms with Gasteiger partial charge in [-0.1, -0.05) is 18.2 Å². The molecule has 1 fully saturated rings. The third kappa shape index (κ3) is 4.20. The Balaban J connectivity index is 1.44. The van der Waals surface area contributed by atoms with Gasteiger partial charge in [0.05, 0.1) is 18.4 Å². The molecule has 0 amide bonds. The van der Waals surface area contributed by atoms with E-state index in [1.54, 1.807) is 12.5 Å². The van der Waals surface area contributed by atoms with E-state index < -0.39 is 0 Å². The van der Waals surface area contributed by atoms with Crippen LogP contribution in [0.3, 0.4) is 0 Å². The summed E-state index contributed by atoms with van der Waals surface area (Å²) in [5, 5.41) is 1.22.